The number of nitriles is 1. The van der Waals surface area contributed by atoms with Gasteiger partial charge in [0.1, 0.15) is 6.07 Å². The van der Waals surface area contributed by atoms with Gasteiger partial charge in [-0.1, -0.05) is 0 Å². The molecule has 4 rings (SSSR count). The molecule has 160 valence electrons. The summed E-state index contributed by atoms with van der Waals surface area (Å²) in [5.74, 6) is -0.133. The lowest BCUT2D eigenvalue weighted by Gasteiger charge is -2.38. The molecule has 0 aliphatic carbocycles. The molecule has 0 unspecified atom stereocenters. The summed E-state index contributed by atoms with van der Waals surface area (Å²) in [6, 6.07) is 9.73. The molecule has 2 aromatic rings. The zero-order valence-electron chi connectivity index (χ0n) is 16.8. The lowest BCUT2D eigenvalue weighted by atomic mass is 10.1. The minimum absolute atomic E-state index is 0. The number of rotatable bonds is 4. The molecule has 2 aliphatic rings. The number of carbonyl (C=O) groups is 1. The van der Waals surface area contributed by atoms with E-state index < -0.39 is 6.10 Å². The summed E-state index contributed by atoms with van der Waals surface area (Å²) in [5, 5.41) is 16.5. The van der Waals surface area contributed by atoms with Crippen LogP contribution in [0.15, 0.2) is 30.5 Å². The average molecular weight is 432 g/mol. The van der Waals surface area contributed by atoms with Gasteiger partial charge in [0.15, 0.2) is 6.10 Å². The van der Waals surface area contributed by atoms with E-state index in [1.165, 1.54) is 0 Å². The van der Waals surface area contributed by atoms with Gasteiger partial charge in [-0.25, -0.2) is 0 Å². The van der Waals surface area contributed by atoms with Gasteiger partial charge in [-0.2, -0.15) is 5.26 Å². The molecule has 2 saturated heterocycles. The maximum Gasteiger partial charge on any atom is 0.251 e. The Morgan fingerprint density at radius 2 is 2.27 bits per heavy atom. The van der Waals surface area contributed by atoms with E-state index in [4.69, 9.17) is 9.47 Å². The first-order chi connectivity index (χ1) is 14.2. The van der Waals surface area contributed by atoms with Crippen LogP contribution in [0.5, 0.6) is 0 Å². The normalized spacial score (nSPS) is 24.0. The number of anilines is 1. The number of nitrogens with zero attached hydrogens (tertiary/aromatic N) is 3. The molecule has 1 aromatic heterocycles. The monoisotopic (exact) mass is 431 g/mol. The number of carbonyl (C=O) groups excluding carboxylic acids is 1. The third-order valence-electron chi connectivity index (χ3n) is 5.27. The summed E-state index contributed by atoms with van der Waals surface area (Å²) in [6.45, 7) is 5.76. The van der Waals surface area contributed by atoms with Crippen molar-refractivity contribution in [3.8, 4) is 6.07 Å². The van der Waals surface area contributed by atoms with E-state index in [1.807, 2.05) is 25.1 Å². The first-order valence-electron chi connectivity index (χ1n) is 9.94. The van der Waals surface area contributed by atoms with Gasteiger partial charge in [0, 0.05) is 43.4 Å². The van der Waals surface area contributed by atoms with Crippen molar-refractivity contribution in [2.75, 3.05) is 44.2 Å². The molecule has 0 saturated carbocycles. The van der Waals surface area contributed by atoms with E-state index in [9.17, 15) is 10.1 Å². The largest absolute Gasteiger partial charge is 0.374 e. The lowest BCUT2D eigenvalue weighted by molar-refractivity contribution is -0.138. The predicted octanol–water partition coefficient (Wildman–Crippen LogP) is 1.23. The van der Waals surface area contributed by atoms with Gasteiger partial charge < -0.3 is 25.0 Å². The van der Waals surface area contributed by atoms with E-state index in [2.05, 4.69) is 26.6 Å². The molecule has 1 amide bonds. The summed E-state index contributed by atoms with van der Waals surface area (Å²) >= 11 is 0. The number of amides is 1. The second-order valence-electron chi connectivity index (χ2n) is 7.43. The Bertz CT molecular complexity index is 928. The Labute approximate surface area is 181 Å². The quantitative estimate of drug-likeness (QED) is 0.750. The fraction of sp³-hybridized carbons (Fsp3) is 0.476. The van der Waals surface area contributed by atoms with E-state index >= 15 is 0 Å². The lowest BCUT2D eigenvalue weighted by Crippen LogP contribution is -2.54. The van der Waals surface area contributed by atoms with Crippen molar-refractivity contribution in [1.82, 2.24) is 15.6 Å². The maximum atomic E-state index is 12.7. The number of fused-ring (bicyclic) bond motifs is 1. The minimum Gasteiger partial charge on any atom is -0.374 e. The van der Waals surface area contributed by atoms with Gasteiger partial charge >= 0.3 is 0 Å². The molecule has 30 heavy (non-hydrogen) atoms. The van der Waals surface area contributed by atoms with Crippen molar-refractivity contribution in [3.05, 3.63) is 36.0 Å². The number of aromatic nitrogens is 1. The van der Waals surface area contributed by atoms with Crippen molar-refractivity contribution >= 4 is 34.9 Å². The highest BCUT2D eigenvalue weighted by Gasteiger charge is 2.31. The number of pyridine rings is 1. The zero-order valence-corrected chi connectivity index (χ0v) is 17.7. The van der Waals surface area contributed by atoms with Crippen molar-refractivity contribution in [2.24, 2.45) is 0 Å². The fourth-order valence-electron chi connectivity index (χ4n) is 3.90. The molecule has 8 nitrogen and oxygen atoms in total. The Kier molecular flexibility index (Phi) is 7.45. The van der Waals surface area contributed by atoms with Gasteiger partial charge in [0.05, 0.1) is 36.4 Å². The van der Waals surface area contributed by atoms with Crippen LogP contribution in [-0.2, 0) is 14.3 Å². The molecule has 2 aliphatic heterocycles. The number of hydrogen-bond donors (Lipinski definition) is 2. The Morgan fingerprint density at radius 3 is 3.03 bits per heavy atom. The highest BCUT2D eigenvalue weighted by molar-refractivity contribution is 5.95. The maximum absolute atomic E-state index is 12.7. The van der Waals surface area contributed by atoms with Gasteiger partial charge in [0.2, 0.25) is 0 Å². The fourth-order valence-corrected chi connectivity index (χ4v) is 3.90. The second-order valence-corrected chi connectivity index (χ2v) is 7.43. The number of benzene rings is 1. The standard InChI is InChI=1S/C21H25N5O3.ClH/c1-14-12-26(18-5-4-15(9-22)20-17(18)3-2-6-24-20)13-19(29-14)21(27)25-11-16-10-23-7-8-28-16;/h2-6,14,16,19,23H,7-8,10-13H2,1H3,(H,25,27);1H/t14-,16+,19-;/m1./s1. The van der Waals surface area contributed by atoms with E-state index in [1.54, 1.807) is 12.3 Å². The number of ether oxygens (including phenoxy) is 2. The predicted molar refractivity (Wildman–Crippen MR) is 116 cm³/mol. The van der Waals surface area contributed by atoms with Gasteiger partial charge in [-0.05, 0) is 31.2 Å². The number of halogens is 1. The molecule has 3 atom stereocenters. The van der Waals surface area contributed by atoms with Gasteiger partial charge in [0.25, 0.3) is 5.91 Å². The summed E-state index contributed by atoms with van der Waals surface area (Å²) in [4.78, 5) is 19.3. The molecule has 0 spiro atoms. The van der Waals surface area contributed by atoms with Crippen molar-refractivity contribution in [3.63, 3.8) is 0 Å². The first-order valence-corrected chi connectivity index (χ1v) is 9.94. The van der Waals surface area contributed by atoms with E-state index in [-0.39, 0.29) is 30.5 Å². The second kappa shape index (κ2) is 10.0. The van der Waals surface area contributed by atoms with Gasteiger partial charge in [-0.3, -0.25) is 9.78 Å². The number of hydrogen-bond acceptors (Lipinski definition) is 7. The van der Waals surface area contributed by atoms with Crippen LogP contribution in [0.2, 0.25) is 0 Å². The van der Waals surface area contributed by atoms with Crippen molar-refractivity contribution in [1.29, 1.82) is 5.26 Å². The van der Waals surface area contributed by atoms with Crippen LogP contribution < -0.4 is 15.5 Å². The topological polar surface area (TPSA) is 99.5 Å². The van der Waals surface area contributed by atoms with Crippen LogP contribution in [-0.4, -0.2) is 68.5 Å². The molecule has 9 heteroatoms. The van der Waals surface area contributed by atoms with Crippen LogP contribution >= 0.6 is 12.4 Å². The summed E-state index contributed by atoms with van der Waals surface area (Å²) in [5.41, 5.74) is 2.18. The van der Waals surface area contributed by atoms with E-state index in [0.29, 0.717) is 37.3 Å². The first kappa shape index (κ1) is 22.2. The number of nitrogens with one attached hydrogen (secondary N) is 2. The van der Waals surface area contributed by atoms with Crippen molar-refractivity contribution < 1.29 is 14.3 Å². The SMILES string of the molecule is C[C@@H]1CN(c2ccc(C#N)c3ncccc23)C[C@H](C(=O)NC[C@@H]2CNCCO2)O1.Cl. The smallest absolute Gasteiger partial charge is 0.251 e. The molecule has 0 radical (unpaired) electrons. The minimum atomic E-state index is -0.572. The zero-order chi connectivity index (χ0) is 20.2. The Balaban J connectivity index is 0.00000256. The third-order valence-corrected chi connectivity index (χ3v) is 5.27. The summed E-state index contributed by atoms with van der Waals surface area (Å²) in [7, 11) is 0. The molecular weight excluding hydrogens is 406 g/mol. The molecule has 2 N–H and O–H groups in total. The molecule has 3 heterocycles. The Morgan fingerprint density at radius 1 is 1.40 bits per heavy atom. The van der Waals surface area contributed by atoms with Crippen molar-refractivity contribution in [2.45, 2.75) is 25.2 Å². The molecule has 0 bridgehead atoms. The summed E-state index contributed by atoms with van der Waals surface area (Å²) in [6.07, 6.45) is 0.998. The van der Waals surface area contributed by atoms with Crippen LogP contribution in [0.3, 0.4) is 0 Å². The Hall–Kier alpha value is -2.44. The van der Waals surface area contributed by atoms with Crippen LogP contribution in [0.25, 0.3) is 10.9 Å². The highest BCUT2D eigenvalue weighted by Crippen LogP contribution is 2.30. The third kappa shape index (κ3) is 4.82. The summed E-state index contributed by atoms with van der Waals surface area (Å²) < 4.78 is 11.6. The molecule has 2 fully saturated rings. The average Bonchev–Trinajstić information content (AvgIpc) is 2.77. The van der Waals surface area contributed by atoms with Crippen LogP contribution in [0.1, 0.15) is 12.5 Å². The highest BCUT2D eigenvalue weighted by atomic mass is 35.5. The molecular formula is C21H26ClN5O3. The van der Waals surface area contributed by atoms with Gasteiger partial charge in [-0.15, -0.1) is 12.4 Å². The van der Waals surface area contributed by atoms with Crippen LogP contribution in [0.4, 0.5) is 5.69 Å². The number of morpholine rings is 2. The van der Waals surface area contributed by atoms with Crippen LogP contribution in [0, 0.1) is 11.3 Å². The molecule has 1 aromatic carbocycles. The van der Waals surface area contributed by atoms with E-state index in [0.717, 1.165) is 24.2 Å².